The SMILES string of the molecule is Clc1cnc(Oc2ccc3c(nnn3CC3CC3)c2Br)c(CN2CCNCC2)c1. The lowest BCUT2D eigenvalue weighted by molar-refractivity contribution is 0.230. The van der Waals surface area contributed by atoms with Crippen molar-refractivity contribution in [2.24, 2.45) is 5.92 Å². The van der Waals surface area contributed by atoms with Gasteiger partial charge in [-0.05, 0) is 52.9 Å². The second-order valence-electron chi connectivity index (χ2n) is 7.71. The molecule has 2 aliphatic rings. The number of nitrogens with one attached hydrogen (secondary N) is 1. The summed E-state index contributed by atoms with van der Waals surface area (Å²) in [6.45, 7) is 5.64. The van der Waals surface area contributed by atoms with Crippen molar-refractivity contribution in [3.63, 3.8) is 0 Å². The van der Waals surface area contributed by atoms with E-state index in [0.717, 1.165) is 66.3 Å². The van der Waals surface area contributed by atoms with Crippen molar-refractivity contribution in [2.45, 2.75) is 25.9 Å². The molecule has 0 bridgehead atoms. The van der Waals surface area contributed by atoms with Crippen LogP contribution in [-0.2, 0) is 13.1 Å². The number of pyridine rings is 1. The zero-order valence-corrected chi connectivity index (χ0v) is 18.3. The fourth-order valence-electron chi connectivity index (χ4n) is 3.63. The van der Waals surface area contributed by atoms with E-state index in [0.29, 0.717) is 16.7 Å². The molecule has 3 heterocycles. The molecule has 1 aliphatic carbocycles. The van der Waals surface area contributed by atoms with Gasteiger partial charge in [0.2, 0.25) is 5.88 Å². The van der Waals surface area contributed by atoms with Gasteiger partial charge in [-0.3, -0.25) is 4.90 Å². The molecule has 0 amide bonds. The molecule has 1 N–H and O–H groups in total. The number of piperazine rings is 1. The number of fused-ring (bicyclic) bond motifs is 1. The first-order valence-corrected chi connectivity index (χ1v) is 11.1. The summed E-state index contributed by atoms with van der Waals surface area (Å²) in [7, 11) is 0. The molecule has 0 atom stereocenters. The van der Waals surface area contributed by atoms with E-state index in [-0.39, 0.29) is 0 Å². The molecule has 1 saturated heterocycles. The van der Waals surface area contributed by atoms with Crippen LogP contribution in [0.3, 0.4) is 0 Å². The first kappa shape index (κ1) is 19.2. The molecule has 2 fully saturated rings. The van der Waals surface area contributed by atoms with E-state index in [1.807, 2.05) is 22.9 Å². The van der Waals surface area contributed by atoms with Gasteiger partial charge in [-0.15, -0.1) is 5.10 Å². The van der Waals surface area contributed by atoms with Crippen LogP contribution in [-0.4, -0.2) is 51.1 Å². The van der Waals surface area contributed by atoms with Crippen LogP contribution in [0.1, 0.15) is 18.4 Å². The van der Waals surface area contributed by atoms with Gasteiger partial charge in [-0.2, -0.15) is 0 Å². The number of rotatable bonds is 6. The van der Waals surface area contributed by atoms with Crippen LogP contribution in [0.25, 0.3) is 11.0 Å². The first-order valence-electron chi connectivity index (χ1n) is 9.94. The summed E-state index contributed by atoms with van der Waals surface area (Å²) >= 11 is 9.88. The summed E-state index contributed by atoms with van der Waals surface area (Å²) in [6, 6.07) is 5.90. The lowest BCUT2D eigenvalue weighted by Crippen LogP contribution is -2.42. The molecule has 1 aromatic carbocycles. The predicted octanol–water partition coefficient (Wildman–Crippen LogP) is 3.85. The lowest BCUT2D eigenvalue weighted by Gasteiger charge is -2.27. The number of hydrogen-bond donors (Lipinski definition) is 1. The third kappa shape index (κ3) is 4.26. The standard InChI is InChI=1S/C20H22BrClN6O/c21-18-17(4-3-16-19(18)25-26-28(16)11-13-1-2-13)29-20-14(9-15(22)10-24-20)12-27-7-5-23-6-8-27/h3-4,9-10,13,23H,1-2,5-8,11-12H2. The Kier molecular flexibility index (Phi) is 5.43. The molecular formula is C20H22BrClN6O. The molecule has 0 spiro atoms. The molecule has 5 rings (SSSR count). The second-order valence-corrected chi connectivity index (χ2v) is 8.94. The Morgan fingerprint density at radius 3 is 2.86 bits per heavy atom. The van der Waals surface area contributed by atoms with Crippen molar-refractivity contribution >= 4 is 38.6 Å². The maximum Gasteiger partial charge on any atom is 0.223 e. The van der Waals surface area contributed by atoms with E-state index in [9.17, 15) is 0 Å². The Morgan fingerprint density at radius 2 is 2.07 bits per heavy atom. The quantitative estimate of drug-likeness (QED) is 0.582. The van der Waals surface area contributed by atoms with Gasteiger partial charge in [0, 0.05) is 51.0 Å². The van der Waals surface area contributed by atoms with Crippen LogP contribution in [0, 0.1) is 5.92 Å². The van der Waals surface area contributed by atoms with Gasteiger partial charge in [-0.25, -0.2) is 9.67 Å². The summed E-state index contributed by atoms with van der Waals surface area (Å²) in [5.41, 5.74) is 2.80. The van der Waals surface area contributed by atoms with Gasteiger partial charge in [-0.1, -0.05) is 16.8 Å². The Hall–Kier alpha value is -1.74. The third-order valence-corrected chi connectivity index (χ3v) is 6.39. The minimum Gasteiger partial charge on any atom is -0.437 e. The van der Waals surface area contributed by atoms with Crippen LogP contribution in [0.5, 0.6) is 11.6 Å². The number of halogens is 2. The molecule has 1 saturated carbocycles. The van der Waals surface area contributed by atoms with Crippen LogP contribution in [0.2, 0.25) is 5.02 Å². The minimum absolute atomic E-state index is 0.568. The Bertz CT molecular complexity index is 1030. The van der Waals surface area contributed by atoms with Crippen molar-refractivity contribution in [2.75, 3.05) is 26.2 Å². The molecule has 7 nitrogen and oxygen atoms in total. The highest BCUT2D eigenvalue weighted by molar-refractivity contribution is 9.10. The third-order valence-electron chi connectivity index (χ3n) is 5.42. The number of benzene rings is 1. The molecule has 152 valence electrons. The van der Waals surface area contributed by atoms with E-state index in [1.54, 1.807) is 6.20 Å². The normalized spacial score (nSPS) is 17.7. The summed E-state index contributed by atoms with van der Waals surface area (Å²) in [6.07, 6.45) is 4.18. The van der Waals surface area contributed by atoms with Crippen molar-refractivity contribution in [3.8, 4) is 11.6 Å². The van der Waals surface area contributed by atoms with E-state index in [4.69, 9.17) is 16.3 Å². The lowest BCUT2D eigenvalue weighted by atomic mass is 10.2. The Labute approximate surface area is 182 Å². The number of nitrogens with zero attached hydrogens (tertiary/aromatic N) is 5. The number of ether oxygens (including phenoxy) is 1. The van der Waals surface area contributed by atoms with Gasteiger partial charge < -0.3 is 10.1 Å². The topological polar surface area (TPSA) is 68.1 Å². The fourth-order valence-corrected chi connectivity index (χ4v) is 4.31. The zero-order chi connectivity index (χ0) is 19.8. The van der Waals surface area contributed by atoms with E-state index >= 15 is 0 Å². The maximum atomic E-state index is 6.22. The van der Waals surface area contributed by atoms with E-state index in [1.165, 1.54) is 12.8 Å². The van der Waals surface area contributed by atoms with Crippen LogP contribution < -0.4 is 10.1 Å². The molecular weight excluding hydrogens is 456 g/mol. The average molecular weight is 478 g/mol. The monoisotopic (exact) mass is 476 g/mol. The predicted molar refractivity (Wildman–Crippen MR) is 115 cm³/mol. The highest BCUT2D eigenvalue weighted by atomic mass is 79.9. The van der Waals surface area contributed by atoms with E-state index < -0.39 is 0 Å². The van der Waals surface area contributed by atoms with Gasteiger partial charge >= 0.3 is 0 Å². The summed E-state index contributed by atoms with van der Waals surface area (Å²) in [5.74, 6) is 1.98. The van der Waals surface area contributed by atoms with E-state index in [2.05, 4.69) is 41.4 Å². The van der Waals surface area contributed by atoms with Gasteiger partial charge in [0.1, 0.15) is 11.3 Å². The summed E-state index contributed by atoms with van der Waals surface area (Å²) in [4.78, 5) is 6.83. The highest BCUT2D eigenvalue weighted by Crippen LogP contribution is 2.37. The van der Waals surface area contributed by atoms with Gasteiger partial charge in [0.15, 0.2) is 0 Å². The summed E-state index contributed by atoms with van der Waals surface area (Å²) < 4.78 is 8.99. The molecule has 9 heteroatoms. The molecule has 2 aromatic heterocycles. The second kappa shape index (κ2) is 8.18. The first-order chi connectivity index (χ1) is 14.2. The van der Waals surface area contributed by atoms with Crippen molar-refractivity contribution < 1.29 is 4.74 Å². The van der Waals surface area contributed by atoms with Crippen LogP contribution >= 0.6 is 27.5 Å². The number of hydrogen-bond acceptors (Lipinski definition) is 6. The van der Waals surface area contributed by atoms with Crippen LogP contribution in [0.4, 0.5) is 0 Å². The Balaban J connectivity index is 1.42. The summed E-state index contributed by atoms with van der Waals surface area (Å²) in [5, 5.41) is 12.7. The molecule has 0 unspecified atom stereocenters. The zero-order valence-electron chi connectivity index (χ0n) is 15.9. The largest absolute Gasteiger partial charge is 0.437 e. The van der Waals surface area contributed by atoms with Gasteiger partial charge in [0.25, 0.3) is 0 Å². The molecule has 1 aliphatic heterocycles. The molecule has 29 heavy (non-hydrogen) atoms. The average Bonchev–Trinajstić information content (AvgIpc) is 3.45. The maximum absolute atomic E-state index is 6.22. The fraction of sp³-hybridized carbons (Fsp3) is 0.450. The van der Waals surface area contributed by atoms with Gasteiger partial charge in [0.05, 0.1) is 15.0 Å². The van der Waals surface area contributed by atoms with Crippen LogP contribution in [0.15, 0.2) is 28.9 Å². The smallest absolute Gasteiger partial charge is 0.223 e. The molecule has 3 aromatic rings. The van der Waals surface area contributed by atoms with Crippen molar-refractivity contribution in [3.05, 3.63) is 39.5 Å². The minimum atomic E-state index is 0.568. The Morgan fingerprint density at radius 1 is 1.24 bits per heavy atom. The number of aromatic nitrogens is 4. The van der Waals surface area contributed by atoms with Crippen molar-refractivity contribution in [1.82, 2.24) is 30.2 Å². The molecule has 0 radical (unpaired) electrons. The van der Waals surface area contributed by atoms with Crippen molar-refractivity contribution in [1.29, 1.82) is 0 Å². The highest BCUT2D eigenvalue weighted by Gasteiger charge is 2.24.